The molecule has 0 spiro atoms. The zero-order chi connectivity index (χ0) is 31.3. The number of hydrogen-bond donors (Lipinski definition) is 0. The molecule has 0 heterocycles. The minimum absolute atomic E-state index is 1.23. The molecule has 0 saturated heterocycles. The van der Waals surface area contributed by atoms with Crippen molar-refractivity contribution in [2.45, 2.75) is 6.92 Å². The Kier molecular flexibility index (Phi) is 6.47. The smallest absolute Gasteiger partial charge is 0.00237 e. The van der Waals surface area contributed by atoms with Gasteiger partial charge >= 0.3 is 0 Å². The van der Waals surface area contributed by atoms with Crippen LogP contribution in [0.4, 0.5) is 0 Å². The van der Waals surface area contributed by atoms with Gasteiger partial charge in [0.05, 0.1) is 0 Å². The maximum atomic E-state index is 2.35. The van der Waals surface area contributed by atoms with Gasteiger partial charge in [0.25, 0.3) is 0 Å². The third-order valence-electron chi connectivity index (χ3n) is 9.78. The quantitative estimate of drug-likeness (QED) is 0.177. The number of hydrogen-bond acceptors (Lipinski definition) is 0. The fourth-order valence-corrected chi connectivity index (χ4v) is 7.52. The molecule has 0 saturated carbocycles. The fourth-order valence-electron chi connectivity index (χ4n) is 7.52. The molecule has 0 fully saturated rings. The van der Waals surface area contributed by atoms with E-state index in [0.29, 0.717) is 0 Å². The molecule has 0 aliphatic heterocycles. The van der Waals surface area contributed by atoms with Crippen molar-refractivity contribution in [2.75, 3.05) is 0 Å². The second kappa shape index (κ2) is 11.1. The molecule has 47 heavy (non-hydrogen) atoms. The first-order valence-corrected chi connectivity index (χ1v) is 16.4. The van der Waals surface area contributed by atoms with Gasteiger partial charge in [0, 0.05) is 0 Å². The lowest BCUT2D eigenvalue weighted by Gasteiger charge is -2.19. The zero-order valence-corrected chi connectivity index (χ0v) is 26.2. The summed E-state index contributed by atoms with van der Waals surface area (Å²) < 4.78 is 0. The van der Waals surface area contributed by atoms with Crippen LogP contribution in [0.25, 0.3) is 87.6 Å². The van der Waals surface area contributed by atoms with Crippen LogP contribution in [0.3, 0.4) is 0 Å². The number of benzene rings is 9. The Morgan fingerprint density at radius 1 is 0.277 bits per heavy atom. The van der Waals surface area contributed by atoms with Crippen molar-refractivity contribution in [1.29, 1.82) is 0 Å². The Balaban J connectivity index is 1.20. The molecule has 9 rings (SSSR count). The molecule has 0 bridgehead atoms. The van der Waals surface area contributed by atoms with Crippen molar-refractivity contribution in [3.05, 3.63) is 181 Å². The highest BCUT2D eigenvalue weighted by atomic mass is 14.2. The molecule has 0 nitrogen and oxygen atoms in total. The summed E-state index contributed by atoms with van der Waals surface area (Å²) in [6.07, 6.45) is 0. The van der Waals surface area contributed by atoms with E-state index in [9.17, 15) is 0 Å². The molecule has 9 aromatic carbocycles. The zero-order valence-electron chi connectivity index (χ0n) is 26.2. The minimum Gasteiger partial charge on any atom is -0.0616 e. The van der Waals surface area contributed by atoms with E-state index in [1.807, 2.05) is 0 Å². The first-order chi connectivity index (χ1) is 23.2. The predicted molar refractivity (Wildman–Crippen MR) is 203 cm³/mol. The normalized spacial score (nSPS) is 11.5. The molecule has 0 aliphatic carbocycles. The predicted octanol–water partition coefficient (Wildman–Crippen LogP) is 13.3. The maximum absolute atomic E-state index is 2.35. The van der Waals surface area contributed by atoms with Crippen molar-refractivity contribution < 1.29 is 0 Å². The highest BCUT2D eigenvalue weighted by Gasteiger charge is 2.18. The lowest BCUT2D eigenvalue weighted by atomic mass is 9.84. The van der Waals surface area contributed by atoms with Gasteiger partial charge in [-0.15, -0.1) is 0 Å². The summed E-state index contributed by atoms with van der Waals surface area (Å²) in [4.78, 5) is 0. The van der Waals surface area contributed by atoms with Gasteiger partial charge in [-0.2, -0.15) is 0 Å². The Morgan fingerprint density at radius 3 is 1.45 bits per heavy atom. The number of rotatable bonds is 4. The first-order valence-electron chi connectivity index (χ1n) is 16.4. The molecule has 0 radical (unpaired) electrons. The van der Waals surface area contributed by atoms with E-state index in [1.165, 1.54) is 93.2 Å². The lowest BCUT2D eigenvalue weighted by Crippen LogP contribution is -1.93. The Labute approximate surface area is 275 Å². The van der Waals surface area contributed by atoms with E-state index in [0.717, 1.165) is 0 Å². The second-order valence-corrected chi connectivity index (χ2v) is 12.5. The monoisotopic (exact) mass is 596 g/mol. The van der Waals surface area contributed by atoms with Crippen LogP contribution in [0.2, 0.25) is 0 Å². The third kappa shape index (κ3) is 4.61. The van der Waals surface area contributed by atoms with Crippen LogP contribution < -0.4 is 0 Å². The molecule has 220 valence electrons. The molecular formula is C47H32. The first kappa shape index (κ1) is 27.3. The molecule has 0 N–H and O–H groups in total. The van der Waals surface area contributed by atoms with Gasteiger partial charge in [0.1, 0.15) is 0 Å². The highest BCUT2D eigenvalue weighted by Crippen LogP contribution is 2.45. The maximum Gasteiger partial charge on any atom is -0.00237 e. The van der Waals surface area contributed by atoms with Crippen LogP contribution in [0.5, 0.6) is 0 Å². The van der Waals surface area contributed by atoms with Crippen LogP contribution in [0.15, 0.2) is 176 Å². The summed E-state index contributed by atoms with van der Waals surface area (Å²) in [5.41, 5.74) is 11.4. The van der Waals surface area contributed by atoms with Crippen LogP contribution in [0.1, 0.15) is 5.56 Å². The molecular weight excluding hydrogens is 565 g/mol. The molecule has 0 aliphatic rings. The van der Waals surface area contributed by atoms with E-state index in [1.54, 1.807) is 0 Å². The summed E-state index contributed by atoms with van der Waals surface area (Å²) in [6, 6.07) is 64.5. The van der Waals surface area contributed by atoms with Gasteiger partial charge < -0.3 is 0 Å². The highest BCUT2D eigenvalue weighted by molar-refractivity contribution is 6.21. The van der Waals surface area contributed by atoms with Gasteiger partial charge in [-0.3, -0.25) is 0 Å². The van der Waals surface area contributed by atoms with E-state index < -0.39 is 0 Å². The minimum atomic E-state index is 1.23. The molecule has 0 atom stereocenters. The summed E-state index contributed by atoms with van der Waals surface area (Å²) in [6.45, 7) is 2.25. The fraction of sp³-hybridized carbons (Fsp3) is 0.0213. The Morgan fingerprint density at radius 2 is 0.766 bits per heavy atom. The van der Waals surface area contributed by atoms with Gasteiger partial charge in [-0.25, -0.2) is 0 Å². The van der Waals surface area contributed by atoms with Crippen LogP contribution in [-0.2, 0) is 0 Å². The van der Waals surface area contributed by atoms with Crippen molar-refractivity contribution in [3.63, 3.8) is 0 Å². The molecule has 0 unspecified atom stereocenters. The summed E-state index contributed by atoms with van der Waals surface area (Å²) in [7, 11) is 0. The largest absolute Gasteiger partial charge is 0.0616 e. The van der Waals surface area contributed by atoms with Crippen molar-refractivity contribution in [3.8, 4) is 44.5 Å². The van der Waals surface area contributed by atoms with Crippen LogP contribution in [-0.4, -0.2) is 0 Å². The standard InChI is InChI=1S/C47H32/c1-31-29-37(38-26-21-32-11-2-3-13-36(32)30-38)27-28-39(31)47-44-18-8-6-16-42(44)46(43-17-7-9-19-45(43)47)35-24-22-34(23-25-35)41-20-10-14-33-12-4-5-15-40(33)41/h2-30H,1H3. The summed E-state index contributed by atoms with van der Waals surface area (Å²) in [5.74, 6) is 0. The molecule has 0 aromatic heterocycles. The van der Waals surface area contributed by atoms with E-state index in [2.05, 4.69) is 183 Å². The SMILES string of the molecule is Cc1cc(-c2ccc3ccccc3c2)ccc1-c1c2ccccc2c(-c2ccc(-c3cccc4ccccc34)cc2)c2ccccc12. The average molecular weight is 597 g/mol. The van der Waals surface area contributed by atoms with Crippen LogP contribution in [0, 0.1) is 6.92 Å². The number of aryl methyl sites for hydroxylation is 1. The van der Waals surface area contributed by atoms with Gasteiger partial charge in [-0.05, 0) is 106 Å². The molecule has 9 aromatic rings. The molecule has 0 heteroatoms. The second-order valence-electron chi connectivity index (χ2n) is 12.5. The van der Waals surface area contributed by atoms with E-state index >= 15 is 0 Å². The van der Waals surface area contributed by atoms with Gasteiger partial charge in [0.15, 0.2) is 0 Å². The van der Waals surface area contributed by atoms with Crippen molar-refractivity contribution in [2.24, 2.45) is 0 Å². The van der Waals surface area contributed by atoms with Crippen LogP contribution >= 0.6 is 0 Å². The van der Waals surface area contributed by atoms with E-state index in [-0.39, 0.29) is 0 Å². The van der Waals surface area contributed by atoms with Gasteiger partial charge in [0.2, 0.25) is 0 Å². The average Bonchev–Trinajstić information content (AvgIpc) is 3.14. The third-order valence-corrected chi connectivity index (χ3v) is 9.78. The topological polar surface area (TPSA) is 0 Å². The summed E-state index contributed by atoms with van der Waals surface area (Å²) in [5, 5.41) is 10.2. The molecule has 0 amide bonds. The van der Waals surface area contributed by atoms with Crippen molar-refractivity contribution in [1.82, 2.24) is 0 Å². The Bertz CT molecular complexity index is 2560. The van der Waals surface area contributed by atoms with Crippen molar-refractivity contribution >= 4 is 43.1 Å². The Hall–Kier alpha value is -5.98. The number of fused-ring (bicyclic) bond motifs is 4. The lowest BCUT2D eigenvalue weighted by molar-refractivity contribution is 1.47. The van der Waals surface area contributed by atoms with E-state index in [4.69, 9.17) is 0 Å². The van der Waals surface area contributed by atoms with Gasteiger partial charge in [-0.1, -0.05) is 170 Å². The summed E-state index contributed by atoms with van der Waals surface area (Å²) >= 11 is 0.